The summed E-state index contributed by atoms with van der Waals surface area (Å²) in [4.78, 5) is 25.1. The van der Waals surface area contributed by atoms with Crippen molar-refractivity contribution in [2.24, 2.45) is 7.05 Å². The van der Waals surface area contributed by atoms with E-state index in [4.69, 9.17) is 4.74 Å². The van der Waals surface area contributed by atoms with Crippen LogP contribution in [0.25, 0.3) is 21.9 Å². The molecular formula is C22H24BN3O3. The molecule has 0 radical (unpaired) electrons. The Morgan fingerprint density at radius 1 is 1.07 bits per heavy atom. The molecule has 0 aliphatic heterocycles. The highest BCUT2D eigenvalue weighted by atomic mass is 16.5. The number of hydrogen-bond donors (Lipinski definition) is 0. The number of carbonyl (C=O) groups excluding carboxylic acids is 1. The lowest BCUT2D eigenvalue weighted by Crippen LogP contribution is -2.26. The lowest BCUT2D eigenvalue weighted by Gasteiger charge is -2.08. The molecule has 0 amide bonds. The van der Waals surface area contributed by atoms with Crippen molar-refractivity contribution < 1.29 is 9.53 Å². The number of rotatable bonds is 6. The number of aromatic nitrogens is 3. The Hall–Kier alpha value is -3.22. The topological polar surface area (TPSA) is 58.2 Å². The fourth-order valence-corrected chi connectivity index (χ4v) is 3.98. The number of ether oxygens (including phenoxy) is 1. The van der Waals surface area contributed by atoms with Gasteiger partial charge in [-0.2, -0.15) is 0 Å². The van der Waals surface area contributed by atoms with Crippen LogP contribution in [0, 0.1) is 0 Å². The van der Waals surface area contributed by atoms with Crippen LogP contribution in [0.4, 0.5) is 0 Å². The first-order valence-electron chi connectivity index (χ1n) is 9.88. The van der Waals surface area contributed by atoms with E-state index in [1.54, 1.807) is 16.1 Å². The molecule has 2 aromatic heterocycles. The van der Waals surface area contributed by atoms with Gasteiger partial charge in [-0.05, 0) is 36.8 Å². The fourth-order valence-electron chi connectivity index (χ4n) is 3.98. The number of esters is 1. The molecule has 0 saturated heterocycles. The van der Waals surface area contributed by atoms with E-state index >= 15 is 0 Å². The number of fused-ring (bicyclic) bond motifs is 2. The van der Waals surface area contributed by atoms with E-state index in [0.29, 0.717) is 19.7 Å². The standard InChI is InChI=1S/C22H24BN3O3/c1-3-29-21(27)9-11-25-18-6-4-5-7-19(18)26(22(25)28)14-15-12-16(23)13-20-17(15)8-10-24(20)2/h4-8,10,12-13H,3,9,11,14,23H2,1-2H3. The smallest absolute Gasteiger partial charge is 0.329 e. The summed E-state index contributed by atoms with van der Waals surface area (Å²) in [6.45, 7) is 2.91. The van der Waals surface area contributed by atoms with E-state index in [9.17, 15) is 9.59 Å². The predicted octanol–water partition coefficient (Wildman–Crippen LogP) is 1.55. The number of aryl methyl sites for hydroxylation is 2. The van der Waals surface area contributed by atoms with Crippen molar-refractivity contribution in [3.8, 4) is 0 Å². The van der Waals surface area contributed by atoms with Crippen molar-refractivity contribution >= 4 is 41.2 Å². The second-order valence-corrected chi connectivity index (χ2v) is 7.35. The first kappa shape index (κ1) is 19.1. The third kappa shape index (κ3) is 3.48. The number of para-hydroxylation sites is 2. The van der Waals surface area contributed by atoms with Gasteiger partial charge in [-0.1, -0.05) is 23.7 Å². The summed E-state index contributed by atoms with van der Waals surface area (Å²) in [6.07, 6.45) is 2.22. The molecule has 6 nitrogen and oxygen atoms in total. The van der Waals surface area contributed by atoms with E-state index in [1.165, 1.54) is 0 Å². The third-order valence-corrected chi connectivity index (χ3v) is 5.33. The van der Waals surface area contributed by atoms with Crippen LogP contribution in [0.5, 0.6) is 0 Å². The van der Waals surface area contributed by atoms with Crippen molar-refractivity contribution in [2.45, 2.75) is 26.4 Å². The maximum Gasteiger partial charge on any atom is 0.329 e. The van der Waals surface area contributed by atoms with Crippen LogP contribution < -0.4 is 11.2 Å². The van der Waals surface area contributed by atoms with Crippen LogP contribution >= 0.6 is 0 Å². The minimum Gasteiger partial charge on any atom is -0.466 e. The number of imidazole rings is 1. The van der Waals surface area contributed by atoms with Crippen LogP contribution in [0.15, 0.2) is 53.5 Å². The largest absolute Gasteiger partial charge is 0.466 e. The lowest BCUT2D eigenvalue weighted by atomic mass is 9.92. The van der Waals surface area contributed by atoms with Gasteiger partial charge in [0, 0.05) is 30.7 Å². The average Bonchev–Trinajstić information content (AvgIpc) is 3.19. The second-order valence-electron chi connectivity index (χ2n) is 7.35. The second kappa shape index (κ2) is 7.66. The third-order valence-electron chi connectivity index (χ3n) is 5.33. The van der Waals surface area contributed by atoms with Crippen molar-refractivity contribution in [2.75, 3.05) is 6.61 Å². The molecule has 4 aromatic rings. The number of carbonyl (C=O) groups is 1. The number of nitrogens with zero attached hydrogens (tertiary/aromatic N) is 3. The molecule has 0 saturated carbocycles. The van der Waals surface area contributed by atoms with Crippen molar-refractivity contribution in [1.29, 1.82) is 0 Å². The summed E-state index contributed by atoms with van der Waals surface area (Å²) < 4.78 is 10.6. The van der Waals surface area contributed by atoms with E-state index in [0.717, 1.165) is 33.0 Å². The highest BCUT2D eigenvalue weighted by Gasteiger charge is 2.16. The molecule has 29 heavy (non-hydrogen) atoms. The van der Waals surface area contributed by atoms with Gasteiger partial charge in [0.1, 0.15) is 7.85 Å². The molecule has 0 fully saturated rings. The van der Waals surface area contributed by atoms with Crippen LogP contribution in [0.1, 0.15) is 18.9 Å². The first-order valence-corrected chi connectivity index (χ1v) is 9.88. The average molecular weight is 389 g/mol. The number of hydrogen-bond acceptors (Lipinski definition) is 3. The molecule has 2 heterocycles. The zero-order valence-corrected chi connectivity index (χ0v) is 17.0. The van der Waals surface area contributed by atoms with Crippen LogP contribution in [-0.4, -0.2) is 34.1 Å². The van der Waals surface area contributed by atoms with Crippen molar-refractivity contribution in [3.05, 3.63) is 64.7 Å². The maximum atomic E-state index is 13.3. The van der Waals surface area contributed by atoms with Crippen molar-refractivity contribution in [3.63, 3.8) is 0 Å². The summed E-state index contributed by atoms with van der Waals surface area (Å²) in [6, 6.07) is 14.1. The summed E-state index contributed by atoms with van der Waals surface area (Å²) in [7, 11) is 4.10. The van der Waals surface area contributed by atoms with Gasteiger partial charge in [-0.15, -0.1) is 0 Å². The summed E-state index contributed by atoms with van der Waals surface area (Å²) in [5.74, 6) is -0.291. The quantitative estimate of drug-likeness (QED) is 0.372. The fraction of sp³-hybridized carbons (Fsp3) is 0.273. The zero-order valence-electron chi connectivity index (χ0n) is 17.0. The minimum absolute atomic E-state index is 0.110. The lowest BCUT2D eigenvalue weighted by molar-refractivity contribution is -0.143. The molecule has 0 N–H and O–H groups in total. The van der Waals surface area contributed by atoms with Gasteiger partial charge in [0.05, 0.1) is 30.6 Å². The molecule has 0 spiro atoms. The highest BCUT2D eigenvalue weighted by Crippen LogP contribution is 2.21. The van der Waals surface area contributed by atoms with Gasteiger partial charge >= 0.3 is 11.7 Å². The van der Waals surface area contributed by atoms with Crippen molar-refractivity contribution in [1.82, 2.24) is 13.7 Å². The first-order chi connectivity index (χ1) is 14.0. The van der Waals surface area contributed by atoms with Crippen LogP contribution in [0.2, 0.25) is 0 Å². The molecule has 0 bridgehead atoms. The molecule has 4 rings (SSSR count). The summed E-state index contributed by atoms with van der Waals surface area (Å²) >= 11 is 0. The normalized spacial score (nSPS) is 11.4. The molecule has 0 unspecified atom stereocenters. The number of benzene rings is 2. The zero-order chi connectivity index (χ0) is 20.5. The van der Waals surface area contributed by atoms with Gasteiger partial charge in [-0.25, -0.2) is 4.79 Å². The van der Waals surface area contributed by atoms with Gasteiger partial charge in [0.2, 0.25) is 0 Å². The Morgan fingerprint density at radius 2 is 1.79 bits per heavy atom. The molecule has 2 aromatic carbocycles. The Kier molecular flexibility index (Phi) is 5.05. The Balaban J connectivity index is 1.78. The summed E-state index contributed by atoms with van der Waals surface area (Å²) in [5.41, 5.74) is 5.01. The monoisotopic (exact) mass is 389 g/mol. The Bertz CT molecular complexity index is 1270. The molecule has 148 valence electrons. The van der Waals surface area contributed by atoms with Gasteiger partial charge in [0.15, 0.2) is 0 Å². The SMILES string of the molecule is Bc1cc(Cn2c(=O)n(CCC(=O)OCC)c3ccccc32)c2ccn(C)c2c1. The van der Waals surface area contributed by atoms with Gasteiger partial charge in [-0.3, -0.25) is 13.9 Å². The highest BCUT2D eigenvalue weighted by molar-refractivity contribution is 6.33. The van der Waals surface area contributed by atoms with E-state index in [-0.39, 0.29) is 18.1 Å². The Morgan fingerprint density at radius 3 is 2.52 bits per heavy atom. The van der Waals surface area contributed by atoms with E-state index < -0.39 is 0 Å². The molecule has 7 heteroatoms. The summed E-state index contributed by atoms with van der Waals surface area (Å²) in [5, 5.41) is 1.15. The maximum absolute atomic E-state index is 13.3. The minimum atomic E-state index is -0.291. The van der Waals surface area contributed by atoms with Crippen LogP contribution in [-0.2, 0) is 29.7 Å². The predicted molar refractivity (Wildman–Crippen MR) is 118 cm³/mol. The van der Waals surface area contributed by atoms with Gasteiger partial charge < -0.3 is 9.30 Å². The van der Waals surface area contributed by atoms with Gasteiger partial charge in [0.25, 0.3) is 0 Å². The molecule has 0 aliphatic rings. The van der Waals surface area contributed by atoms with E-state index in [2.05, 4.69) is 30.6 Å². The van der Waals surface area contributed by atoms with E-state index in [1.807, 2.05) is 37.5 Å². The Labute approximate surface area is 169 Å². The molecule has 0 aliphatic carbocycles. The van der Waals surface area contributed by atoms with Crippen LogP contribution in [0.3, 0.4) is 0 Å². The molecule has 0 atom stereocenters. The molecular weight excluding hydrogens is 365 g/mol.